The number of aromatic carboxylic acids is 1. The van der Waals surface area contributed by atoms with Crippen molar-refractivity contribution in [3.63, 3.8) is 0 Å². The molecule has 0 aliphatic carbocycles. The molecule has 1 aromatic carbocycles. The molecule has 1 N–H and O–H groups in total. The van der Waals surface area contributed by atoms with E-state index < -0.39 is 17.3 Å². The van der Waals surface area contributed by atoms with Crippen molar-refractivity contribution in [1.82, 2.24) is 9.55 Å². The summed E-state index contributed by atoms with van der Waals surface area (Å²) in [5, 5.41) is 26.5. The normalized spacial score (nSPS) is 9.75. The first-order valence-corrected chi connectivity index (χ1v) is 5.44. The standard InChI is InChI=1S/C13H7FN4O2/c14-10-3-8(1-2-9(10)13(19)20)6-18-7-17-11(4-15)12(18)5-16/h1-3,7H,6H2,(H,19,20). The second-order valence-corrected chi connectivity index (χ2v) is 3.91. The number of hydrogen-bond acceptors (Lipinski definition) is 4. The molecule has 1 aromatic heterocycles. The monoisotopic (exact) mass is 270 g/mol. The van der Waals surface area contributed by atoms with E-state index in [1.165, 1.54) is 17.0 Å². The lowest BCUT2D eigenvalue weighted by atomic mass is 10.1. The van der Waals surface area contributed by atoms with Gasteiger partial charge in [0.1, 0.15) is 18.0 Å². The molecule has 0 radical (unpaired) electrons. The molecule has 0 fully saturated rings. The van der Waals surface area contributed by atoms with E-state index in [1.807, 2.05) is 6.07 Å². The molecule has 0 aliphatic heterocycles. The van der Waals surface area contributed by atoms with Crippen molar-refractivity contribution in [3.8, 4) is 12.1 Å². The predicted octanol–water partition coefficient (Wildman–Crippen LogP) is 1.51. The summed E-state index contributed by atoms with van der Waals surface area (Å²) < 4.78 is 14.9. The lowest BCUT2D eigenvalue weighted by Gasteiger charge is -2.05. The molecule has 98 valence electrons. The molecule has 0 bridgehead atoms. The summed E-state index contributed by atoms with van der Waals surface area (Å²) in [6.45, 7) is 0.119. The highest BCUT2D eigenvalue weighted by Gasteiger charge is 2.13. The second-order valence-electron chi connectivity index (χ2n) is 3.91. The van der Waals surface area contributed by atoms with Crippen LogP contribution in [-0.2, 0) is 6.54 Å². The summed E-state index contributed by atoms with van der Waals surface area (Å²) >= 11 is 0. The number of benzene rings is 1. The number of halogens is 1. The van der Waals surface area contributed by atoms with Gasteiger partial charge in [-0.05, 0) is 17.7 Å². The summed E-state index contributed by atoms with van der Waals surface area (Å²) in [6.07, 6.45) is 1.31. The van der Waals surface area contributed by atoms with Gasteiger partial charge in [-0.2, -0.15) is 10.5 Å². The Morgan fingerprint density at radius 2 is 2.15 bits per heavy atom. The Bertz CT molecular complexity index is 768. The smallest absolute Gasteiger partial charge is 0.338 e. The third-order valence-electron chi connectivity index (χ3n) is 2.67. The van der Waals surface area contributed by atoms with E-state index in [9.17, 15) is 9.18 Å². The van der Waals surface area contributed by atoms with Crippen molar-refractivity contribution in [2.24, 2.45) is 0 Å². The third kappa shape index (κ3) is 2.33. The first-order valence-electron chi connectivity index (χ1n) is 5.44. The molecule has 0 unspecified atom stereocenters. The van der Waals surface area contributed by atoms with Crippen LogP contribution in [0.15, 0.2) is 24.5 Å². The minimum atomic E-state index is -1.35. The Morgan fingerprint density at radius 1 is 1.40 bits per heavy atom. The van der Waals surface area contributed by atoms with E-state index in [0.29, 0.717) is 5.56 Å². The Kier molecular flexibility index (Phi) is 3.45. The molecular formula is C13H7FN4O2. The van der Waals surface area contributed by atoms with Crippen LogP contribution in [0.5, 0.6) is 0 Å². The molecule has 20 heavy (non-hydrogen) atoms. The molecule has 6 nitrogen and oxygen atoms in total. The number of aromatic nitrogens is 2. The van der Waals surface area contributed by atoms with Gasteiger partial charge in [0.15, 0.2) is 11.4 Å². The van der Waals surface area contributed by atoms with Gasteiger partial charge in [-0.15, -0.1) is 0 Å². The average Bonchev–Trinajstić information content (AvgIpc) is 2.80. The molecule has 2 aromatic rings. The quantitative estimate of drug-likeness (QED) is 0.910. The highest BCUT2D eigenvalue weighted by Crippen LogP contribution is 2.14. The van der Waals surface area contributed by atoms with Gasteiger partial charge in [-0.1, -0.05) is 6.07 Å². The zero-order valence-electron chi connectivity index (χ0n) is 10.0. The molecule has 1 heterocycles. The van der Waals surface area contributed by atoms with Crippen molar-refractivity contribution in [3.05, 3.63) is 52.9 Å². The maximum absolute atomic E-state index is 13.5. The van der Waals surface area contributed by atoms with Crippen molar-refractivity contribution in [2.75, 3.05) is 0 Å². The third-order valence-corrected chi connectivity index (χ3v) is 2.67. The molecule has 7 heteroatoms. The summed E-state index contributed by atoms with van der Waals surface area (Å²) in [5.41, 5.74) is 0.119. The van der Waals surface area contributed by atoms with E-state index in [0.717, 1.165) is 12.1 Å². The SMILES string of the molecule is N#Cc1ncn(Cc2ccc(C(=O)O)c(F)c2)c1C#N. The second kappa shape index (κ2) is 5.21. The van der Waals surface area contributed by atoms with Crippen LogP contribution in [0.1, 0.15) is 27.3 Å². The lowest BCUT2D eigenvalue weighted by Crippen LogP contribution is -2.05. The number of nitrogens with zero attached hydrogens (tertiary/aromatic N) is 4. The minimum Gasteiger partial charge on any atom is -0.478 e. The zero-order valence-corrected chi connectivity index (χ0v) is 10.0. The fraction of sp³-hybridized carbons (Fsp3) is 0.0769. The van der Waals surface area contributed by atoms with Gasteiger partial charge < -0.3 is 9.67 Å². The number of carboxylic acid groups (broad SMARTS) is 1. The van der Waals surface area contributed by atoms with Crippen molar-refractivity contribution < 1.29 is 14.3 Å². The number of carboxylic acids is 1. The van der Waals surface area contributed by atoms with E-state index >= 15 is 0 Å². The van der Waals surface area contributed by atoms with Crippen molar-refractivity contribution in [2.45, 2.75) is 6.54 Å². The van der Waals surface area contributed by atoms with Gasteiger partial charge in [0, 0.05) is 6.54 Å². The van der Waals surface area contributed by atoms with Gasteiger partial charge in [-0.25, -0.2) is 14.2 Å². The van der Waals surface area contributed by atoms with Crippen LogP contribution < -0.4 is 0 Å². The maximum Gasteiger partial charge on any atom is 0.338 e. The minimum absolute atomic E-state index is 0.00451. The van der Waals surface area contributed by atoms with Crippen LogP contribution in [0.4, 0.5) is 4.39 Å². The number of rotatable bonds is 3. The first-order chi connectivity index (χ1) is 9.56. The predicted molar refractivity (Wildman–Crippen MR) is 64.1 cm³/mol. The topological polar surface area (TPSA) is 103 Å². The summed E-state index contributed by atoms with van der Waals surface area (Å²) in [4.78, 5) is 14.5. The van der Waals surface area contributed by atoms with Crippen LogP contribution in [0.25, 0.3) is 0 Å². The summed E-state index contributed by atoms with van der Waals surface area (Å²) in [5.74, 6) is -2.20. The molecule has 0 amide bonds. The van der Waals surface area contributed by atoms with E-state index in [1.54, 1.807) is 6.07 Å². The largest absolute Gasteiger partial charge is 0.478 e. The van der Waals surface area contributed by atoms with Gasteiger partial charge >= 0.3 is 5.97 Å². The highest BCUT2D eigenvalue weighted by atomic mass is 19.1. The van der Waals surface area contributed by atoms with E-state index in [4.69, 9.17) is 15.6 Å². The van der Waals surface area contributed by atoms with Gasteiger partial charge in [0.2, 0.25) is 0 Å². The number of hydrogen-bond donors (Lipinski definition) is 1. The van der Waals surface area contributed by atoms with Crippen molar-refractivity contribution >= 4 is 5.97 Å². The van der Waals surface area contributed by atoms with Crippen LogP contribution in [0, 0.1) is 28.5 Å². The number of imidazole rings is 1. The maximum atomic E-state index is 13.5. The number of nitriles is 2. The Balaban J connectivity index is 2.35. The number of carbonyl (C=O) groups is 1. The molecule has 0 spiro atoms. The van der Waals surface area contributed by atoms with Gasteiger partial charge in [0.25, 0.3) is 0 Å². The first kappa shape index (κ1) is 13.2. The average molecular weight is 270 g/mol. The molecule has 0 atom stereocenters. The molecule has 0 aliphatic rings. The van der Waals surface area contributed by atoms with Gasteiger partial charge in [-0.3, -0.25) is 0 Å². The van der Waals surface area contributed by atoms with Crippen LogP contribution >= 0.6 is 0 Å². The van der Waals surface area contributed by atoms with Crippen LogP contribution in [0.3, 0.4) is 0 Å². The van der Waals surface area contributed by atoms with E-state index in [-0.39, 0.29) is 17.9 Å². The Hall–Kier alpha value is -3.19. The van der Waals surface area contributed by atoms with E-state index in [2.05, 4.69) is 4.98 Å². The van der Waals surface area contributed by atoms with Crippen LogP contribution in [0.2, 0.25) is 0 Å². The Morgan fingerprint density at radius 3 is 2.70 bits per heavy atom. The highest BCUT2D eigenvalue weighted by molar-refractivity contribution is 5.87. The fourth-order valence-electron chi connectivity index (χ4n) is 1.73. The lowest BCUT2D eigenvalue weighted by molar-refractivity contribution is 0.0692. The zero-order chi connectivity index (χ0) is 14.7. The molecule has 2 rings (SSSR count). The Labute approximate surface area is 112 Å². The molecular weight excluding hydrogens is 263 g/mol. The fourth-order valence-corrected chi connectivity index (χ4v) is 1.73. The molecule has 0 saturated heterocycles. The van der Waals surface area contributed by atoms with Crippen LogP contribution in [-0.4, -0.2) is 20.6 Å². The molecule has 0 saturated carbocycles. The summed E-state index contributed by atoms with van der Waals surface area (Å²) in [7, 11) is 0. The van der Waals surface area contributed by atoms with Crippen molar-refractivity contribution in [1.29, 1.82) is 10.5 Å². The van der Waals surface area contributed by atoms with Gasteiger partial charge in [0.05, 0.1) is 11.9 Å². The summed E-state index contributed by atoms with van der Waals surface area (Å²) in [6, 6.07) is 7.31.